The minimum atomic E-state index is 0.119. The molecule has 0 bridgehead atoms. The van der Waals surface area contributed by atoms with Crippen LogP contribution in [-0.4, -0.2) is 37.0 Å². The quantitative estimate of drug-likeness (QED) is 0.858. The van der Waals surface area contributed by atoms with Gasteiger partial charge in [-0.1, -0.05) is 15.9 Å². The molecule has 1 amide bonds. The Morgan fingerprint density at radius 1 is 1.42 bits per heavy atom. The first-order valence-electron chi connectivity index (χ1n) is 6.54. The highest BCUT2D eigenvalue weighted by atomic mass is 79.9. The molecule has 1 atom stereocenters. The second-order valence-corrected chi connectivity index (χ2v) is 6.60. The van der Waals surface area contributed by atoms with Crippen LogP contribution in [0.25, 0.3) is 0 Å². The van der Waals surface area contributed by atoms with E-state index >= 15 is 0 Å². The van der Waals surface area contributed by atoms with E-state index in [2.05, 4.69) is 37.2 Å². The van der Waals surface area contributed by atoms with Crippen LogP contribution in [0.3, 0.4) is 0 Å². The molecule has 1 heterocycles. The van der Waals surface area contributed by atoms with E-state index in [1.165, 1.54) is 6.42 Å². The Hall–Kier alpha value is -0.390. The summed E-state index contributed by atoms with van der Waals surface area (Å²) in [4.78, 5) is 14.7. The van der Waals surface area contributed by atoms with Gasteiger partial charge in [0.1, 0.15) is 0 Å². The molecule has 1 unspecified atom stereocenters. The summed E-state index contributed by atoms with van der Waals surface area (Å²) < 4.78 is 1.79. The zero-order chi connectivity index (χ0) is 13.8. The Balaban J connectivity index is 2.23. The van der Waals surface area contributed by atoms with Gasteiger partial charge in [-0.15, -0.1) is 0 Å². The summed E-state index contributed by atoms with van der Waals surface area (Å²) in [6.07, 6.45) is 3.38. The number of nitrogens with zero attached hydrogens (tertiary/aromatic N) is 1. The number of rotatable bonds is 3. The SMILES string of the molecule is CNCC1CCCCN1C(=O)c1cc(Br)ccc1Br. The van der Waals surface area contributed by atoms with Crippen molar-refractivity contribution in [3.8, 4) is 0 Å². The van der Waals surface area contributed by atoms with Crippen molar-refractivity contribution in [1.82, 2.24) is 10.2 Å². The first-order chi connectivity index (χ1) is 9.13. The van der Waals surface area contributed by atoms with Gasteiger partial charge in [-0.05, 0) is 60.4 Å². The van der Waals surface area contributed by atoms with Gasteiger partial charge >= 0.3 is 0 Å². The lowest BCUT2D eigenvalue weighted by atomic mass is 10.0. The summed E-state index contributed by atoms with van der Waals surface area (Å²) in [5, 5.41) is 3.18. The number of likely N-dealkylation sites (N-methyl/N-ethyl adjacent to an activating group) is 1. The summed E-state index contributed by atoms with van der Waals surface area (Å²) in [6, 6.07) is 6.03. The molecule has 1 aliphatic heterocycles. The number of hydrogen-bond donors (Lipinski definition) is 1. The molecule has 2 rings (SSSR count). The number of nitrogens with one attached hydrogen (secondary N) is 1. The second kappa shape index (κ2) is 6.86. The Morgan fingerprint density at radius 3 is 2.95 bits per heavy atom. The maximum Gasteiger partial charge on any atom is 0.255 e. The molecule has 1 N–H and O–H groups in total. The van der Waals surface area contributed by atoms with Crippen LogP contribution >= 0.6 is 31.9 Å². The highest BCUT2D eigenvalue weighted by Crippen LogP contribution is 2.26. The van der Waals surface area contributed by atoms with Gasteiger partial charge in [0.25, 0.3) is 5.91 Å². The van der Waals surface area contributed by atoms with E-state index in [1.807, 2.05) is 30.1 Å². The van der Waals surface area contributed by atoms with Gasteiger partial charge < -0.3 is 10.2 Å². The summed E-state index contributed by atoms with van der Waals surface area (Å²) in [7, 11) is 1.94. The summed E-state index contributed by atoms with van der Waals surface area (Å²) in [5.74, 6) is 0.119. The normalized spacial score (nSPS) is 19.5. The van der Waals surface area contributed by atoms with Crippen molar-refractivity contribution in [3.63, 3.8) is 0 Å². The van der Waals surface area contributed by atoms with Gasteiger partial charge in [-0.25, -0.2) is 0 Å². The summed E-state index contributed by atoms with van der Waals surface area (Å²) >= 11 is 6.90. The molecule has 1 aromatic carbocycles. The fraction of sp³-hybridized carbons (Fsp3) is 0.500. The molecule has 1 aliphatic rings. The number of benzene rings is 1. The molecular weight excluding hydrogens is 372 g/mol. The van der Waals surface area contributed by atoms with E-state index in [4.69, 9.17) is 0 Å². The first-order valence-corrected chi connectivity index (χ1v) is 8.12. The molecule has 1 saturated heterocycles. The Kier molecular flexibility index (Phi) is 5.42. The van der Waals surface area contributed by atoms with Crippen molar-refractivity contribution in [2.75, 3.05) is 20.1 Å². The third-order valence-corrected chi connectivity index (χ3v) is 4.67. The second-order valence-electron chi connectivity index (χ2n) is 4.83. The number of amides is 1. The highest BCUT2D eigenvalue weighted by Gasteiger charge is 2.27. The molecule has 3 nitrogen and oxygen atoms in total. The fourth-order valence-corrected chi connectivity index (χ4v) is 3.31. The zero-order valence-electron chi connectivity index (χ0n) is 11.0. The van der Waals surface area contributed by atoms with Crippen LogP contribution in [0.15, 0.2) is 27.1 Å². The molecule has 1 aromatic rings. The smallest absolute Gasteiger partial charge is 0.255 e. The molecule has 1 fully saturated rings. The van der Waals surface area contributed by atoms with Crippen molar-refractivity contribution in [1.29, 1.82) is 0 Å². The number of carbonyl (C=O) groups is 1. The van der Waals surface area contributed by atoms with E-state index in [9.17, 15) is 4.79 Å². The summed E-state index contributed by atoms with van der Waals surface area (Å²) in [6.45, 7) is 1.71. The van der Waals surface area contributed by atoms with E-state index in [-0.39, 0.29) is 5.91 Å². The monoisotopic (exact) mass is 388 g/mol. The maximum absolute atomic E-state index is 12.7. The number of carbonyl (C=O) groups excluding carboxylic acids is 1. The molecule has 0 spiro atoms. The van der Waals surface area contributed by atoms with Crippen LogP contribution in [0.2, 0.25) is 0 Å². The largest absolute Gasteiger partial charge is 0.334 e. The molecule has 0 aliphatic carbocycles. The standard InChI is InChI=1S/C14H18Br2N2O/c1-17-9-11-4-2-3-7-18(11)14(19)12-8-10(15)5-6-13(12)16/h5-6,8,11,17H,2-4,7,9H2,1H3. The maximum atomic E-state index is 12.7. The Morgan fingerprint density at radius 2 is 2.21 bits per heavy atom. The lowest BCUT2D eigenvalue weighted by Gasteiger charge is -2.36. The van der Waals surface area contributed by atoms with Gasteiger partial charge in [0, 0.05) is 28.1 Å². The lowest BCUT2D eigenvalue weighted by molar-refractivity contribution is 0.0614. The van der Waals surface area contributed by atoms with Crippen molar-refractivity contribution in [2.24, 2.45) is 0 Å². The van der Waals surface area contributed by atoms with Crippen molar-refractivity contribution in [3.05, 3.63) is 32.7 Å². The molecule has 19 heavy (non-hydrogen) atoms. The summed E-state index contributed by atoms with van der Waals surface area (Å²) in [5.41, 5.74) is 0.734. The molecular formula is C14H18Br2N2O. The van der Waals surface area contributed by atoms with Crippen LogP contribution in [0.1, 0.15) is 29.6 Å². The Bertz CT molecular complexity index is 463. The van der Waals surface area contributed by atoms with Crippen LogP contribution in [0.4, 0.5) is 0 Å². The molecule has 0 aromatic heterocycles. The van der Waals surface area contributed by atoms with Crippen LogP contribution in [-0.2, 0) is 0 Å². The van der Waals surface area contributed by atoms with Gasteiger partial charge in [0.2, 0.25) is 0 Å². The highest BCUT2D eigenvalue weighted by molar-refractivity contribution is 9.11. The van der Waals surface area contributed by atoms with Crippen molar-refractivity contribution >= 4 is 37.8 Å². The number of hydrogen-bond acceptors (Lipinski definition) is 2. The first kappa shape index (κ1) is 15.0. The van der Waals surface area contributed by atoms with E-state index in [1.54, 1.807) is 0 Å². The van der Waals surface area contributed by atoms with E-state index in [0.29, 0.717) is 6.04 Å². The van der Waals surface area contributed by atoms with Gasteiger partial charge in [-0.2, -0.15) is 0 Å². The minimum Gasteiger partial charge on any atom is -0.334 e. The number of likely N-dealkylation sites (tertiary alicyclic amines) is 1. The van der Waals surface area contributed by atoms with E-state index in [0.717, 1.165) is 40.4 Å². The lowest BCUT2D eigenvalue weighted by Crippen LogP contribution is -2.48. The molecule has 5 heteroatoms. The molecule has 0 saturated carbocycles. The van der Waals surface area contributed by atoms with Crippen molar-refractivity contribution < 1.29 is 4.79 Å². The van der Waals surface area contributed by atoms with Crippen molar-refractivity contribution in [2.45, 2.75) is 25.3 Å². The van der Waals surface area contributed by atoms with E-state index < -0.39 is 0 Å². The third kappa shape index (κ3) is 3.58. The van der Waals surface area contributed by atoms with Gasteiger partial charge in [-0.3, -0.25) is 4.79 Å². The zero-order valence-corrected chi connectivity index (χ0v) is 14.1. The predicted molar refractivity (Wildman–Crippen MR) is 84.4 cm³/mol. The predicted octanol–water partition coefficient (Wildman–Crippen LogP) is 3.43. The number of piperidine rings is 1. The van der Waals surface area contributed by atoms with Gasteiger partial charge in [0.05, 0.1) is 5.56 Å². The average Bonchev–Trinajstić information content (AvgIpc) is 2.42. The average molecular weight is 390 g/mol. The third-order valence-electron chi connectivity index (χ3n) is 3.49. The van der Waals surface area contributed by atoms with Crippen LogP contribution in [0.5, 0.6) is 0 Å². The number of halogens is 2. The van der Waals surface area contributed by atoms with Crippen LogP contribution < -0.4 is 5.32 Å². The minimum absolute atomic E-state index is 0.119. The van der Waals surface area contributed by atoms with Crippen LogP contribution in [0, 0.1) is 0 Å². The fourth-order valence-electron chi connectivity index (χ4n) is 2.53. The molecule has 104 valence electrons. The topological polar surface area (TPSA) is 32.3 Å². The Labute approximate surface area is 131 Å². The molecule has 0 radical (unpaired) electrons. The van der Waals surface area contributed by atoms with Gasteiger partial charge in [0.15, 0.2) is 0 Å².